The normalized spacial score (nSPS) is 12.1. The summed E-state index contributed by atoms with van der Waals surface area (Å²) in [6.07, 6.45) is 0.982. The van der Waals surface area contributed by atoms with Crippen molar-refractivity contribution in [3.05, 3.63) is 48.0 Å². The number of benzene rings is 2. The van der Waals surface area contributed by atoms with E-state index in [1.54, 1.807) is 6.92 Å². The summed E-state index contributed by atoms with van der Waals surface area (Å²) in [5.41, 5.74) is 1.21. The van der Waals surface area contributed by atoms with Crippen molar-refractivity contribution < 1.29 is 9.90 Å². The van der Waals surface area contributed by atoms with Gasteiger partial charge < -0.3 is 15.7 Å². The Hall–Kier alpha value is -2.07. The summed E-state index contributed by atoms with van der Waals surface area (Å²) in [6, 6.07) is 14.4. The van der Waals surface area contributed by atoms with Crippen molar-refractivity contribution in [1.82, 2.24) is 10.6 Å². The summed E-state index contributed by atoms with van der Waals surface area (Å²) in [5, 5.41) is 17.1. The Morgan fingerprint density at radius 3 is 2.57 bits per heavy atom. The Bertz CT molecular complexity index is 596. The van der Waals surface area contributed by atoms with Gasteiger partial charge in [-0.15, -0.1) is 0 Å². The molecule has 0 saturated carbocycles. The molecule has 2 rings (SSSR count). The molecule has 2 amide bonds. The molecule has 0 heterocycles. The van der Waals surface area contributed by atoms with E-state index in [1.807, 2.05) is 12.1 Å². The molecule has 2 aromatic carbocycles. The number of fused-ring (bicyclic) bond motifs is 1. The van der Waals surface area contributed by atoms with Crippen LogP contribution in [0.5, 0.6) is 0 Å². The topological polar surface area (TPSA) is 61.4 Å². The largest absolute Gasteiger partial charge is 0.393 e. The van der Waals surface area contributed by atoms with E-state index in [2.05, 4.69) is 41.0 Å². The first-order valence-corrected chi connectivity index (χ1v) is 7.32. The van der Waals surface area contributed by atoms with Gasteiger partial charge in [0.25, 0.3) is 0 Å². The van der Waals surface area contributed by atoms with Gasteiger partial charge in [-0.05, 0) is 36.1 Å². The van der Waals surface area contributed by atoms with Gasteiger partial charge in [0.1, 0.15) is 0 Å². The van der Waals surface area contributed by atoms with Crippen LogP contribution in [-0.2, 0) is 6.42 Å². The predicted octanol–water partition coefficient (Wildman–Crippen LogP) is 2.45. The van der Waals surface area contributed by atoms with Crippen molar-refractivity contribution in [3.8, 4) is 0 Å². The molecule has 0 aromatic heterocycles. The number of urea groups is 1. The number of aliphatic hydroxyl groups excluding tert-OH is 1. The number of nitrogens with one attached hydrogen (secondary N) is 2. The van der Waals surface area contributed by atoms with E-state index in [0.717, 1.165) is 6.42 Å². The number of hydrogen-bond acceptors (Lipinski definition) is 2. The summed E-state index contributed by atoms with van der Waals surface area (Å²) in [6.45, 7) is 2.79. The molecular weight excluding hydrogens is 264 g/mol. The number of carbonyl (C=O) groups excluding carboxylic acids is 1. The van der Waals surface area contributed by atoms with Gasteiger partial charge >= 0.3 is 6.03 Å². The van der Waals surface area contributed by atoms with E-state index < -0.39 is 0 Å². The predicted molar refractivity (Wildman–Crippen MR) is 85.4 cm³/mol. The molecule has 4 nitrogen and oxygen atoms in total. The second-order valence-electron chi connectivity index (χ2n) is 5.25. The van der Waals surface area contributed by atoms with Gasteiger partial charge in [0.05, 0.1) is 6.10 Å². The molecule has 3 N–H and O–H groups in total. The van der Waals surface area contributed by atoms with Crippen LogP contribution < -0.4 is 10.6 Å². The van der Waals surface area contributed by atoms with Gasteiger partial charge in [0.2, 0.25) is 0 Å². The summed E-state index contributed by atoms with van der Waals surface area (Å²) >= 11 is 0. The van der Waals surface area contributed by atoms with Crippen LogP contribution in [0.25, 0.3) is 10.8 Å². The minimum Gasteiger partial charge on any atom is -0.393 e. The van der Waals surface area contributed by atoms with Crippen LogP contribution in [0, 0.1) is 0 Å². The van der Waals surface area contributed by atoms with Crippen LogP contribution in [0.4, 0.5) is 4.79 Å². The highest BCUT2D eigenvalue weighted by molar-refractivity contribution is 5.83. The molecule has 21 heavy (non-hydrogen) atoms. The summed E-state index contributed by atoms with van der Waals surface area (Å²) in [5.74, 6) is 0. The quantitative estimate of drug-likeness (QED) is 0.764. The van der Waals surface area contributed by atoms with Crippen molar-refractivity contribution in [3.63, 3.8) is 0 Å². The van der Waals surface area contributed by atoms with Crippen LogP contribution in [0.3, 0.4) is 0 Å². The molecule has 0 aliphatic heterocycles. The molecular formula is C17H22N2O2. The number of aliphatic hydroxyl groups is 1. The third-order valence-corrected chi connectivity index (χ3v) is 3.36. The first-order valence-electron chi connectivity index (χ1n) is 7.32. The Morgan fingerprint density at radius 1 is 1.10 bits per heavy atom. The molecule has 0 aliphatic rings. The van der Waals surface area contributed by atoms with Crippen LogP contribution in [0.2, 0.25) is 0 Å². The maximum atomic E-state index is 11.5. The molecule has 0 aliphatic carbocycles. The third kappa shape index (κ3) is 5.08. The van der Waals surface area contributed by atoms with E-state index in [4.69, 9.17) is 5.11 Å². The van der Waals surface area contributed by atoms with Gasteiger partial charge in [0.15, 0.2) is 0 Å². The monoisotopic (exact) mass is 286 g/mol. The average Bonchev–Trinajstić information content (AvgIpc) is 2.47. The fraction of sp³-hybridized carbons (Fsp3) is 0.353. The van der Waals surface area contributed by atoms with E-state index in [9.17, 15) is 4.79 Å². The molecule has 0 spiro atoms. The van der Waals surface area contributed by atoms with Crippen molar-refractivity contribution in [2.75, 3.05) is 13.1 Å². The minimum absolute atomic E-state index is 0.184. The van der Waals surface area contributed by atoms with Gasteiger partial charge in [-0.2, -0.15) is 0 Å². The zero-order valence-electron chi connectivity index (χ0n) is 12.3. The lowest BCUT2D eigenvalue weighted by molar-refractivity contribution is 0.183. The maximum Gasteiger partial charge on any atom is 0.314 e. The highest BCUT2D eigenvalue weighted by atomic mass is 16.3. The van der Waals surface area contributed by atoms with Crippen LogP contribution in [0.1, 0.15) is 18.9 Å². The molecule has 112 valence electrons. The van der Waals surface area contributed by atoms with E-state index in [1.165, 1.54) is 16.3 Å². The average molecular weight is 286 g/mol. The number of hydrogen-bond donors (Lipinski definition) is 3. The first kappa shape index (κ1) is 15.3. The Kier molecular flexibility index (Phi) is 5.58. The SMILES string of the molecule is CC(O)CCNC(=O)NCCc1ccc2ccccc2c1. The van der Waals surface area contributed by atoms with E-state index in [-0.39, 0.29) is 12.1 Å². The lowest BCUT2D eigenvalue weighted by Gasteiger charge is -2.09. The second kappa shape index (κ2) is 7.64. The van der Waals surface area contributed by atoms with E-state index in [0.29, 0.717) is 19.5 Å². The molecule has 1 unspecified atom stereocenters. The fourth-order valence-corrected chi connectivity index (χ4v) is 2.17. The minimum atomic E-state index is -0.386. The van der Waals surface area contributed by atoms with Gasteiger partial charge in [0, 0.05) is 13.1 Å². The first-order chi connectivity index (χ1) is 10.1. The summed E-state index contributed by atoms with van der Waals surface area (Å²) in [7, 11) is 0. The van der Waals surface area contributed by atoms with Gasteiger partial charge in [-0.3, -0.25) is 0 Å². The second-order valence-corrected chi connectivity index (χ2v) is 5.25. The zero-order valence-corrected chi connectivity index (χ0v) is 12.3. The molecule has 2 aromatic rings. The molecule has 0 fully saturated rings. The van der Waals surface area contributed by atoms with Crippen molar-refractivity contribution >= 4 is 16.8 Å². The van der Waals surface area contributed by atoms with Gasteiger partial charge in [-0.1, -0.05) is 42.5 Å². The van der Waals surface area contributed by atoms with Crippen LogP contribution in [-0.4, -0.2) is 30.3 Å². The lowest BCUT2D eigenvalue weighted by atomic mass is 10.1. The number of amides is 2. The summed E-state index contributed by atoms with van der Waals surface area (Å²) < 4.78 is 0. The number of carbonyl (C=O) groups is 1. The van der Waals surface area contributed by atoms with Gasteiger partial charge in [-0.25, -0.2) is 4.79 Å². The highest BCUT2D eigenvalue weighted by Crippen LogP contribution is 2.15. The standard InChI is InChI=1S/C17H22N2O2/c1-13(20)8-10-18-17(21)19-11-9-14-6-7-15-4-2-3-5-16(15)12-14/h2-7,12-13,20H,8-11H2,1H3,(H2,18,19,21). The van der Waals surface area contributed by atoms with E-state index >= 15 is 0 Å². The van der Waals surface area contributed by atoms with Crippen molar-refractivity contribution in [2.24, 2.45) is 0 Å². The summed E-state index contributed by atoms with van der Waals surface area (Å²) in [4.78, 5) is 11.5. The zero-order chi connectivity index (χ0) is 15.1. The fourth-order valence-electron chi connectivity index (χ4n) is 2.17. The molecule has 4 heteroatoms. The lowest BCUT2D eigenvalue weighted by Crippen LogP contribution is -2.37. The molecule has 0 saturated heterocycles. The Morgan fingerprint density at radius 2 is 1.81 bits per heavy atom. The molecule has 0 radical (unpaired) electrons. The number of rotatable bonds is 6. The van der Waals surface area contributed by atoms with Crippen molar-refractivity contribution in [2.45, 2.75) is 25.9 Å². The Balaban J connectivity index is 1.75. The Labute approximate surface area is 125 Å². The molecule has 0 bridgehead atoms. The smallest absolute Gasteiger partial charge is 0.314 e. The third-order valence-electron chi connectivity index (χ3n) is 3.36. The van der Waals surface area contributed by atoms with Crippen LogP contribution in [0.15, 0.2) is 42.5 Å². The molecule has 1 atom stereocenters. The maximum absolute atomic E-state index is 11.5. The highest BCUT2D eigenvalue weighted by Gasteiger charge is 2.01. The van der Waals surface area contributed by atoms with Crippen molar-refractivity contribution in [1.29, 1.82) is 0 Å². The van der Waals surface area contributed by atoms with Crippen LogP contribution >= 0.6 is 0 Å².